The van der Waals surface area contributed by atoms with Crippen LogP contribution in [0.2, 0.25) is 10.0 Å². The summed E-state index contributed by atoms with van der Waals surface area (Å²) < 4.78 is 11.7. The van der Waals surface area contributed by atoms with Gasteiger partial charge in [0.1, 0.15) is 0 Å². The Morgan fingerprint density at radius 2 is 1.75 bits per heavy atom. The highest BCUT2D eigenvalue weighted by Gasteiger charge is 2.17. The van der Waals surface area contributed by atoms with E-state index >= 15 is 0 Å². The Hall–Kier alpha value is -0.550. The van der Waals surface area contributed by atoms with Crippen LogP contribution in [0.1, 0.15) is 5.56 Å². The van der Waals surface area contributed by atoms with Gasteiger partial charge in [-0.3, -0.25) is 0 Å². The molecule has 6 heteroatoms. The SMILES string of the molecule is Clc1cccc(Cl)c1SCc1cc2c(cc1Br)OCO2. The fourth-order valence-electron chi connectivity index (χ4n) is 1.84. The number of rotatable bonds is 3. The van der Waals surface area contributed by atoms with Crippen LogP contribution in [-0.2, 0) is 5.75 Å². The van der Waals surface area contributed by atoms with Gasteiger partial charge in [-0.25, -0.2) is 0 Å². The lowest BCUT2D eigenvalue weighted by Crippen LogP contribution is -1.92. The molecule has 0 amide bonds. The molecule has 0 saturated heterocycles. The molecule has 0 saturated carbocycles. The van der Waals surface area contributed by atoms with Crippen molar-refractivity contribution in [2.75, 3.05) is 6.79 Å². The van der Waals surface area contributed by atoms with Crippen LogP contribution >= 0.6 is 50.9 Å². The summed E-state index contributed by atoms with van der Waals surface area (Å²) in [6.07, 6.45) is 0. The lowest BCUT2D eigenvalue weighted by Gasteiger charge is -2.09. The number of thioether (sulfide) groups is 1. The van der Waals surface area contributed by atoms with Crippen molar-refractivity contribution in [3.8, 4) is 11.5 Å². The summed E-state index contributed by atoms with van der Waals surface area (Å²) in [7, 11) is 0. The highest BCUT2D eigenvalue weighted by atomic mass is 79.9. The zero-order valence-corrected chi connectivity index (χ0v) is 14.1. The Labute approximate surface area is 139 Å². The number of hydrogen-bond donors (Lipinski definition) is 0. The maximum absolute atomic E-state index is 6.17. The average molecular weight is 392 g/mol. The Kier molecular flexibility index (Phi) is 4.36. The normalized spacial score (nSPS) is 12.8. The minimum Gasteiger partial charge on any atom is -0.454 e. The van der Waals surface area contributed by atoms with Gasteiger partial charge in [-0.2, -0.15) is 0 Å². The van der Waals surface area contributed by atoms with E-state index in [2.05, 4.69) is 15.9 Å². The van der Waals surface area contributed by atoms with E-state index in [0.29, 0.717) is 10.0 Å². The van der Waals surface area contributed by atoms with Crippen molar-refractivity contribution < 1.29 is 9.47 Å². The molecule has 1 heterocycles. The highest BCUT2D eigenvalue weighted by molar-refractivity contribution is 9.10. The number of ether oxygens (including phenoxy) is 2. The van der Waals surface area contributed by atoms with Crippen molar-refractivity contribution in [2.24, 2.45) is 0 Å². The third kappa shape index (κ3) is 2.89. The van der Waals surface area contributed by atoms with Crippen molar-refractivity contribution >= 4 is 50.9 Å². The van der Waals surface area contributed by atoms with Crippen LogP contribution in [0.25, 0.3) is 0 Å². The van der Waals surface area contributed by atoms with Gasteiger partial charge < -0.3 is 9.47 Å². The Morgan fingerprint density at radius 3 is 2.45 bits per heavy atom. The van der Waals surface area contributed by atoms with E-state index in [-0.39, 0.29) is 6.79 Å². The molecule has 2 nitrogen and oxygen atoms in total. The molecule has 0 aromatic heterocycles. The highest BCUT2D eigenvalue weighted by Crippen LogP contribution is 2.41. The second kappa shape index (κ2) is 6.06. The molecule has 1 aliphatic rings. The predicted octanol–water partition coefficient (Wildman–Crippen LogP) is 5.78. The van der Waals surface area contributed by atoms with E-state index in [1.807, 2.05) is 30.3 Å². The second-order valence-electron chi connectivity index (χ2n) is 4.14. The molecule has 20 heavy (non-hydrogen) atoms. The molecule has 2 aromatic rings. The van der Waals surface area contributed by atoms with Crippen LogP contribution in [0.5, 0.6) is 11.5 Å². The van der Waals surface area contributed by atoms with Gasteiger partial charge in [-0.05, 0) is 29.8 Å². The second-order valence-corrected chi connectivity index (χ2v) is 6.79. The molecular weight excluding hydrogens is 383 g/mol. The predicted molar refractivity (Wildman–Crippen MR) is 86.3 cm³/mol. The van der Waals surface area contributed by atoms with Gasteiger partial charge >= 0.3 is 0 Å². The minimum absolute atomic E-state index is 0.273. The largest absolute Gasteiger partial charge is 0.454 e. The Bertz CT molecular complexity index is 644. The first kappa shape index (κ1) is 14.4. The average Bonchev–Trinajstić information content (AvgIpc) is 2.85. The number of halogens is 3. The molecule has 0 bridgehead atoms. The Morgan fingerprint density at radius 1 is 1.10 bits per heavy atom. The van der Waals surface area contributed by atoms with E-state index in [4.69, 9.17) is 32.7 Å². The molecule has 0 unspecified atom stereocenters. The molecule has 104 valence electrons. The molecule has 3 rings (SSSR count). The standard InChI is InChI=1S/C14H9BrCl2O2S/c15-9-5-13-12(18-7-19-13)4-8(9)6-20-14-10(16)2-1-3-11(14)17/h1-5H,6-7H2. The molecule has 0 radical (unpaired) electrons. The molecule has 0 aliphatic carbocycles. The van der Waals surface area contributed by atoms with Gasteiger partial charge in [-0.1, -0.05) is 45.2 Å². The molecular formula is C14H9BrCl2O2S. The monoisotopic (exact) mass is 390 g/mol. The molecule has 0 fully saturated rings. The zero-order chi connectivity index (χ0) is 14.1. The first-order valence-electron chi connectivity index (χ1n) is 5.80. The molecule has 1 aliphatic heterocycles. The number of fused-ring (bicyclic) bond motifs is 1. The molecule has 2 aromatic carbocycles. The fourth-order valence-corrected chi connectivity index (χ4v) is 4.16. The van der Waals surface area contributed by atoms with E-state index in [1.54, 1.807) is 11.8 Å². The first-order valence-corrected chi connectivity index (χ1v) is 8.33. The van der Waals surface area contributed by atoms with E-state index in [1.165, 1.54) is 0 Å². The topological polar surface area (TPSA) is 18.5 Å². The van der Waals surface area contributed by atoms with Crippen molar-refractivity contribution in [1.82, 2.24) is 0 Å². The summed E-state index contributed by atoms with van der Waals surface area (Å²) in [5.74, 6) is 2.27. The summed E-state index contributed by atoms with van der Waals surface area (Å²) in [5.41, 5.74) is 1.11. The van der Waals surface area contributed by atoms with Gasteiger partial charge in [0.25, 0.3) is 0 Å². The first-order chi connectivity index (χ1) is 9.65. The summed E-state index contributed by atoms with van der Waals surface area (Å²) in [6, 6.07) is 9.41. The summed E-state index contributed by atoms with van der Waals surface area (Å²) >= 11 is 17.5. The molecule has 0 spiro atoms. The Balaban J connectivity index is 1.82. The van der Waals surface area contributed by atoms with Gasteiger partial charge in [0.05, 0.1) is 10.0 Å². The van der Waals surface area contributed by atoms with E-state index in [9.17, 15) is 0 Å². The van der Waals surface area contributed by atoms with Gasteiger partial charge in [-0.15, -0.1) is 11.8 Å². The van der Waals surface area contributed by atoms with Crippen LogP contribution in [0, 0.1) is 0 Å². The lowest BCUT2D eigenvalue weighted by molar-refractivity contribution is 0.174. The smallest absolute Gasteiger partial charge is 0.231 e. The minimum atomic E-state index is 0.273. The molecule has 0 atom stereocenters. The fraction of sp³-hybridized carbons (Fsp3) is 0.143. The van der Waals surface area contributed by atoms with Crippen molar-refractivity contribution in [1.29, 1.82) is 0 Å². The van der Waals surface area contributed by atoms with Crippen LogP contribution < -0.4 is 9.47 Å². The molecule has 0 N–H and O–H groups in total. The zero-order valence-electron chi connectivity index (χ0n) is 10.2. The van der Waals surface area contributed by atoms with Crippen molar-refractivity contribution in [2.45, 2.75) is 10.6 Å². The van der Waals surface area contributed by atoms with Crippen molar-refractivity contribution in [3.05, 3.63) is 50.4 Å². The number of hydrogen-bond acceptors (Lipinski definition) is 3. The third-order valence-electron chi connectivity index (χ3n) is 2.83. The summed E-state index contributed by atoms with van der Waals surface area (Å²) in [5, 5.41) is 1.33. The van der Waals surface area contributed by atoms with Crippen molar-refractivity contribution in [3.63, 3.8) is 0 Å². The third-order valence-corrected chi connectivity index (χ3v) is 5.61. The van der Waals surface area contributed by atoms with Crippen LogP contribution in [0.15, 0.2) is 39.7 Å². The van der Waals surface area contributed by atoms with Crippen LogP contribution in [0.3, 0.4) is 0 Å². The lowest BCUT2D eigenvalue weighted by atomic mass is 10.2. The van der Waals surface area contributed by atoms with Gasteiger partial charge in [0.2, 0.25) is 6.79 Å². The maximum atomic E-state index is 6.17. The maximum Gasteiger partial charge on any atom is 0.231 e. The van der Waals surface area contributed by atoms with Gasteiger partial charge in [0, 0.05) is 15.1 Å². The van der Waals surface area contributed by atoms with Gasteiger partial charge in [0.15, 0.2) is 11.5 Å². The van der Waals surface area contributed by atoms with Crippen LogP contribution in [0.4, 0.5) is 0 Å². The summed E-state index contributed by atoms with van der Waals surface area (Å²) in [4.78, 5) is 0.889. The number of benzene rings is 2. The summed E-state index contributed by atoms with van der Waals surface area (Å²) in [6.45, 7) is 0.273. The van der Waals surface area contributed by atoms with E-state index in [0.717, 1.165) is 32.2 Å². The van der Waals surface area contributed by atoms with E-state index < -0.39 is 0 Å². The quantitative estimate of drug-likeness (QED) is 0.618. The van der Waals surface area contributed by atoms with Crippen LogP contribution in [-0.4, -0.2) is 6.79 Å².